The fourth-order valence-corrected chi connectivity index (χ4v) is 1.64. The summed E-state index contributed by atoms with van der Waals surface area (Å²) >= 11 is 0. The molecule has 17 heavy (non-hydrogen) atoms. The number of aliphatic hydroxyl groups is 1. The van der Waals surface area contributed by atoms with Gasteiger partial charge in [-0.25, -0.2) is 0 Å². The summed E-state index contributed by atoms with van der Waals surface area (Å²) in [5.41, 5.74) is 0.919. The molecule has 0 bridgehead atoms. The molecule has 0 saturated carbocycles. The Morgan fingerprint density at radius 3 is 2.76 bits per heavy atom. The normalized spacial score (nSPS) is 12.9. The molecule has 0 aliphatic heterocycles. The molecule has 2 heterocycles. The van der Waals surface area contributed by atoms with Crippen molar-refractivity contribution in [1.29, 1.82) is 0 Å². The Bertz CT molecular complexity index is 476. The Morgan fingerprint density at radius 1 is 1.35 bits per heavy atom. The Morgan fingerprint density at radius 2 is 2.12 bits per heavy atom. The van der Waals surface area contributed by atoms with Gasteiger partial charge in [-0.3, -0.25) is 0 Å². The standard InChI is InChI=1S/C12H17N3O2/c1-3-10(16)9-5-6-15(7-9)8-12-14-13-11(4-2)17-12/h5-7,10,16H,3-4,8H2,1-2H3. The van der Waals surface area contributed by atoms with Crippen LogP contribution in [0, 0.1) is 0 Å². The summed E-state index contributed by atoms with van der Waals surface area (Å²) in [7, 11) is 0. The highest BCUT2D eigenvalue weighted by molar-refractivity contribution is 5.13. The fourth-order valence-electron chi connectivity index (χ4n) is 1.64. The second kappa shape index (κ2) is 5.14. The minimum atomic E-state index is -0.398. The van der Waals surface area contributed by atoms with Crippen molar-refractivity contribution in [3.63, 3.8) is 0 Å². The molecule has 1 unspecified atom stereocenters. The van der Waals surface area contributed by atoms with Gasteiger partial charge in [-0.2, -0.15) is 0 Å². The van der Waals surface area contributed by atoms with Crippen LogP contribution in [0.15, 0.2) is 22.9 Å². The van der Waals surface area contributed by atoms with Gasteiger partial charge in [0, 0.05) is 18.8 Å². The van der Waals surface area contributed by atoms with Gasteiger partial charge in [0.2, 0.25) is 11.8 Å². The van der Waals surface area contributed by atoms with Gasteiger partial charge in [-0.1, -0.05) is 13.8 Å². The van der Waals surface area contributed by atoms with Crippen LogP contribution in [0.4, 0.5) is 0 Å². The highest BCUT2D eigenvalue weighted by atomic mass is 16.4. The van der Waals surface area contributed by atoms with Crippen molar-refractivity contribution in [2.24, 2.45) is 0 Å². The second-order valence-electron chi connectivity index (χ2n) is 3.98. The average molecular weight is 235 g/mol. The molecule has 5 heteroatoms. The summed E-state index contributed by atoms with van der Waals surface area (Å²) in [6.45, 7) is 4.47. The molecule has 92 valence electrons. The van der Waals surface area contributed by atoms with Gasteiger partial charge < -0.3 is 14.1 Å². The van der Waals surface area contributed by atoms with Crippen molar-refractivity contribution >= 4 is 0 Å². The second-order valence-corrected chi connectivity index (χ2v) is 3.98. The molecule has 0 amide bonds. The summed E-state index contributed by atoms with van der Waals surface area (Å²) in [5.74, 6) is 1.25. The van der Waals surface area contributed by atoms with E-state index in [1.807, 2.05) is 36.9 Å². The van der Waals surface area contributed by atoms with Gasteiger partial charge >= 0.3 is 0 Å². The van der Waals surface area contributed by atoms with Crippen LogP contribution in [0.5, 0.6) is 0 Å². The number of hydrogen-bond donors (Lipinski definition) is 1. The maximum absolute atomic E-state index is 9.69. The summed E-state index contributed by atoms with van der Waals surface area (Å²) < 4.78 is 7.36. The van der Waals surface area contributed by atoms with E-state index in [1.165, 1.54) is 0 Å². The molecule has 0 aliphatic carbocycles. The van der Waals surface area contributed by atoms with Crippen molar-refractivity contribution in [3.05, 3.63) is 35.8 Å². The highest BCUT2D eigenvalue weighted by Crippen LogP contribution is 2.16. The molecule has 5 nitrogen and oxygen atoms in total. The zero-order valence-corrected chi connectivity index (χ0v) is 10.1. The topological polar surface area (TPSA) is 64.1 Å². The van der Waals surface area contributed by atoms with E-state index >= 15 is 0 Å². The van der Waals surface area contributed by atoms with E-state index in [0.29, 0.717) is 24.7 Å². The molecule has 0 fully saturated rings. The van der Waals surface area contributed by atoms with Crippen molar-refractivity contribution in [2.75, 3.05) is 0 Å². The molecular weight excluding hydrogens is 218 g/mol. The van der Waals surface area contributed by atoms with Gasteiger partial charge in [-0.05, 0) is 18.1 Å². The maximum Gasteiger partial charge on any atom is 0.236 e. The molecule has 0 aliphatic rings. The molecule has 0 saturated heterocycles. The lowest BCUT2D eigenvalue weighted by molar-refractivity contribution is 0.173. The van der Waals surface area contributed by atoms with Gasteiger partial charge in [0.1, 0.15) is 6.54 Å². The Kier molecular flexibility index (Phi) is 3.58. The third kappa shape index (κ3) is 2.74. The van der Waals surface area contributed by atoms with Crippen LogP contribution in [0.25, 0.3) is 0 Å². The molecule has 0 aromatic carbocycles. The summed E-state index contributed by atoms with van der Waals surface area (Å²) in [4.78, 5) is 0. The third-order valence-electron chi connectivity index (χ3n) is 2.67. The minimum absolute atomic E-state index is 0.398. The summed E-state index contributed by atoms with van der Waals surface area (Å²) in [6, 6.07) is 1.91. The van der Waals surface area contributed by atoms with Crippen LogP contribution in [0.2, 0.25) is 0 Å². The van der Waals surface area contributed by atoms with Crippen LogP contribution in [-0.4, -0.2) is 19.9 Å². The number of aryl methyl sites for hydroxylation is 1. The molecule has 0 radical (unpaired) electrons. The van der Waals surface area contributed by atoms with E-state index in [9.17, 15) is 5.11 Å². The lowest BCUT2D eigenvalue weighted by Crippen LogP contribution is -1.98. The molecule has 2 rings (SSSR count). The lowest BCUT2D eigenvalue weighted by atomic mass is 10.1. The largest absolute Gasteiger partial charge is 0.423 e. The minimum Gasteiger partial charge on any atom is -0.423 e. The predicted molar refractivity (Wildman–Crippen MR) is 62.5 cm³/mol. The SMILES string of the molecule is CCc1nnc(Cn2ccc(C(O)CC)c2)o1. The number of aliphatic hydroxyl groups excluding tert-OH is 1. The zero-order chi connectivity index (χ0) is 12.3. The van der Waals surface area contributed by atoms with Gasteiger partial charge in [-0.15, -0.1) is 10.2 Å². The van der Waals surface area contributed by atoms with Crippen LogP contribution < -0.4 is 0 Å². The number of rotatable bonds is 5. The van der Waals surface area contributed by atoms with Crippen LogP contribution in [-0.2, 0) is 13.0 Å². The number of hydrogen-bond acceptors (Lipinski definition) is 4. The van der Waals surface area contributed by atoms with E-state index in [2.05, 4.69) is 10.2 Å². The van der Waals surface area contributed by atoms with Gasteiger partial charge in [0.15, 0.2) is 0 Å². The molecule has 0 spiro atoms. The quantitative estimate of drug-likeness (QED) is 0.860. The third-order valence-corrected chi connectivity index (χ3v) is 2.67. The van der Waals surface area contributed by atoms with Crippen molar-refractivity contribution in [2.45, 2.75) is 39.3 Å². The van der Waals surface area contributed by atoms with E-state index in [4.69, 9.17) is 4.42 Å². The van der Waals surface area contributed by atoms with Gasteiger partial charge in [0.05, 0.1) is 6.10 Å². The predicted octanol–water partition coefficient (Wildman–Crippen LogP) is 1.93. The van der Waals surface area contributed by atoms with Crippen LogP contribution in [0.1, 0.15) is 43.7 Å². The van der Waals surface area contributed by atoms with Crippen LogP contribution in [0.3, 0.4) is 0 Å². The van der Waals surface area contributed by atoms with Crippen LogP contribution >= 0.6 is 0 Å². The summed E-state index contributed by atoms with van der Waals surface area (Å²) in [6.07, 6.45) is 4.88. The monoisotopic (exact) mass is 235 g/mol. The zero-order valence-electron chi connectivity index (χ0n) is 10.1. The molecule has 1 atom stereocenters. The number of aromatic nitrogens is 3. The number of nitrogens with zero attached hydrogens (tertiary/aromatic N) is 3. The Labute approximate surface area is 100 Å². The first-order chi connectivity index (χ1) is 8.22. The molecule has 2 aromatic heterocycles. The smallest absolute Gasteiger partial charge is 0.236 e. The molecule has 1 N–H and O–H groups in total. The van der Waals surface area contributed by atoms with Crippen molar-refractivity contribution in [3.8, 4) is 0 Å². The first-order valence-electron chi connectivity index (χ1n) is 5.88. The van der Waals surface area contributed by atoms with E-state index in [1.54, 1.807) is 0 Å². The summed E-state index contributed by atoms with van der Waals surface area (Å²) in [5, 5.41) is 17.6. The fraction of sp³-hybridized carbons (Fsp3) is 0.500. The molecule has 2 aromatic rings. The van der Waals surface area contributed by atoms with E-state index in [0.717, 1.165) is 12.0 Å². The van der Waals surface area contributed by atoms with Crippen molar-refractivity contribution < 1.29 is 9.52 Å². The van der Waals surface area contributed by atoms with Gasteiger partial charge in [0.25, 0.3) is 0 Å². The first kappa shape index (κ1) is 11.9. The Balaban J connectivity index is 2.06. The van der Waals surface area contributed by atoms with E-state index in [-0.39, 0.29) is 0 Å². The first-order valence-corrected chi connectivity index (χ1v) is 5.88. The molecular formula is C12H17N3O2. The Hall–Kier alpha value is -1.62. The van der Waals surface area contributed by atoms with E-state index < -0.39 is 6.10 Å². The van der Waals surface area contributed by atoms with Crippen molar-refractivity contribution in [1.82, 2.24) is 14.8 Å². The maximum atomic E-state index is 9.69. The lowest BCUT2D eigenvalue weighted by Gasteiger charge is -2.03. The average Bonchev–Trinajstić information content (AvgIpc) is 2.97. The highest BCUT2D eigenvalue weighted by Gasteiger charge is 2.08.